The van der Waals surface area contributed by atoms with Crippen molar-refractivity contribution in [3.05, 3.63) is 85.1 Å². The number of nitrogens with zero attached hydrogens (tertiary/aromatic N) is 1. The number of phosphoric acid groups is 1. The molecule has 3 N–H and O–H groups in total. The van der Waals surface area contributed by atoms with Crippen LogP contribution in [0.3, 0.4) is 0 Å². The van der Waals surface area contributed by atoms with E-state index in [-0.39, 0.29) is 19.1 Å². The Bertz CT molecular complexity index is 1380. The number of allylic oxidation sites excluding steroid dienone is 13. The normalized spacial score (nSPS) is 14.6. The van der Waals surface area contributed by atoms with Crippen LogP contribution in [0.5, 0.6) is 0 Å². The van der Waals surface area contributed by atoms with E-state index in [1.165, 1.54) is 141 Å². The van der Waals surface area contributed by atoms with E-state index in [2.05, 4.69) is 92.1 Å². The van der Waals surface area contributed by atoms with Crippen molar-refractivity contribution in [2.24, 2.45) is 0 Å². The van der Waals surface area contributed by atoms with E-state index in [9.17, 15) is 19.4 Å². The lowest BCUT2D eigenvalue weighted by atomic mass is 10.0. The molecule has 0 fully saturated rings. The van der Waals surface area contributed by atoms with E-state index in [4.69, 9.17) is 9.05 Å². The number of amides is 1. The zero-order chi connectivity index (χ0) is 49.9. The van der Waals surface area contributed by atoms with Gasteiger partial charge in [0.15, 0.2) is 0 Å². The minimum atomic E-state index is -4.34. The van der Waals surface area contributed by atoms with Crippen LogP contribution in [0.15, 0.2) is 85.1 Å². The van der Waals surface area contributed by atoms with Gasteiger partial charge < -0.3 is 19.8 Å². The summed E-state index contributed by atoms with van der Waals surface area (Å²) in [6.07, 6.45) is 70.1. The van der Waals surface area contributed by atoms with Crippen LogP contribution in [0.2, 0.25) is 0 Å². The lowest BCUT2D eigenvalue weighted by Gasteiger charge is -2.25. The first kappa shape index (κ1) is 65.7. The molecule has 0 spiro atoms. The van der Waals surface area contributed by atoms with Gasteiger partial charge in [-0.1, -0.05) is 234 Å². The molecule has 0 heterocycles. The van der Waals surface area contributed by atoms with Crippen molar-refractivity contribution in [1.29, 1.82) is 0 Å². The molecule has 0 rings (SSSR count). The van der Waals surface area contributed by atoms with Crippen LogP contribution in [-0.2, 0) is 18.4 Å². The van der Waals surface area contributed by atoms with E-state index >= 15 is 0 Å². The van der Waals surface area contributed by atoms with E-state index < -0.39 is 20.0 Å². The Morgan fingerprint density at radius 1 is 0.515 bits per heavy atom. The number of hydrogen-bond donors (Lipinski definition) is 3. The maximum Gasteiger partial charge on any atom is 0.472 e. The van der Waals surface area contributed by atoms with Crippen LogP contribution in [-0.4, -0.2) is 73.4 Å². The lowest BCUT2D eigenvalue weighted by Crippen LogP contribution is -2.45. The molecule has 0 radical (unpaired) electrons. The van der Waals surface area contributed by atoms with Gasteiger partial charge in [-0.05, 0) is 77.0 Å². The predicted octanol–water partition coefficient (Wildman–Crippen LogP) is 16.9. The van der Waals surface area contributed by atoms with E-state index in [0.717, 1.165) is 70.6 Å². The molecule has 68 heavy (non-hydrogen) atoms. The Kier molecular flexibility index (Phi) is 48.0. The first-order valence-corrected chi connectivity index (χ1v) is 29.5. The summed E-state index contributed by atoms with van der Waals surface area (Å²) in [5.74, 6) is -0.190. The molecule has 0 saturated heterocycles. The molecule has 0 aliphatic carbocycles. The van der Waals surface area contributed by atoms with Crippen LogP contribution in [0.25, 0.3) is 0 Å². The van der Waals surface area contributed by atoms with Crippen molar-refractivity contribution in [2.45, 2.75) is 244 Å². The van der Waals surface area contributed by atoms with Crippen molar-refractivity contribution in [1.82, 2.24) is 5.32 Å². The molecule has 0 aromatic heterocycles. The van der Waals surface area contributed by atoms with E-state index in [1.54, 1.807) is 6.08 Å². The van der Waals surface area contributed by atoms with Crippen molar-refractivity contribution in [3.63, 3.8) is 0 Å². The first-order valence-electron chi connectivity index (χ1n) is 28.0. The quantitative estimate of drug-likeness (QED) is 0.0243. The number of carbonyl (C=O) groups excluding carboxylic acids is 1. The molecule has 8 nitrogen and oxygen atoms in total. The average molecular weight is 972 g/mol. The second-order valence-corrected chi connectivity index (χ2v) is 21.4. The highest BCUT2D eigenvalue weighted by atomic mass is 31.2. The SMILES string of the molecule is CC/C=C\C/C=C\C/C=C\C/C=C\C/C=C\CCCCCCCCCCCCCCCCCCCCCCCC(=O)NC(COP(=O)(O)OCC[N+](C)(C)C)C(O)/C=C/CC/C=C/CCCCC. The highest BCUT2D eigenvalue weighted by Gasteiger charge is 2.27. The number of phosphoric ester groups is 1. The van der Waals surface area contributed by atoms with Crippen molar-refractivity contribution < 1.29 is 32.9 Å². The lowest BCUT2D eigenvalue weighted by molar-refractivity contribution is -0.870. The molecular weight excluding hydrogens is 864 g/mol. The van der Waals surface area contributed by atoms with Gasteiger partial charge in [0.2, 0.25) is 5.91 Å². The van der Waals surface area contributed by atoms with Crippen molar-refractivity contribution in [2.75, 3.05) is 40.9 Å². The number of unbranched alkanes of at least 4 members (excludes halogenated alkanes) is 25. The molecule has 0 aliphatic rings. The summed E-state index contributed by atoms with van der Waals surface area (Å²) in [6.45, 7) is 4.62. The van der Waals surface area contributed by atoms with Crippen LogP contribution in [0, 0.1) is 0 Å². The highest BCUT2D eigenvalue weighted by molar-refractivity contribution is 7.47. The standard InChI is InChI=1S/C59H107N2O6P/c1-6-8-10-12-14-16-17-18-19-20-21-22-23-24-25-26-27-28-29-30-31-32-33-34-35-36-37-38-39-40-41-42-43-45-47-49-51-53-59(63)60-57(56-67-68(64,65)66-55-54-61(3,4)5)58(62)52-50-48-46-44-15-13-11-9-7-2/h8,10,14-16,18-19,21-22,24-25,44,50,52,57-58,62H,6-7,9,11-13,17,20,23,26-43,45-49,51,53-56H2,1-5H3,(H-,60,63,64,65)/p+1/b10-8-,16-14-,19-18-,22-21-,25-24-,44-15+,52-50+. The number of nitrogens with one attached hydrogen (secondary N) is 1. The topological polar surface area (TPSA) is 105 Å². The second kappa shape index (κ2) is 49.7. The van der Waals surface area contributed by atoms with Gasteiger partial charge in [0.25, 0.3) is 0 Å². The van der Waals surface area contributed by atoms with Gasteiger partial charge in [0.05, 0.1) is 39.9 Å². The number of likely N-dealkylation sites (N-methyl/N-ethyl adjacent to an activating group) is 1. The van der Waals surface area contributed by atoms with Gasteiger partial charge in [-0.25, -0.2) is 4.57 Å². The summed E-state index contributed by atoms with van der Waals surface area (Å²) in [5, 5.41) is 13.8. The third-order valence-electron chi connectivity index (χ3n) is 12.1. The third kappa shape index (κ3) is 51.5. The maximum absolute atomic E-state index is 12.9. The molecule has 3 atom stereocenters. The molecule has 394 valence electrons. The van der Waals surface area contributed by atoms with Gasteiger partial charge in [-0.15, -0.1) is 0 Å². The Labute approximate surface area is 420 Å². The number of aliphatic hydroxyl groups excluding tert-OH is 1. The fourth-order valence-electron chi connectivity index (χ4n) is 7.73. The van der Waals surface area contributed by atoms with Crippen LogP contribution in [0.4, 0.5) is 0 Å². The fourth-order valence-corrected chi connectivity index (χ4v) is 8.47. The highest BCUT2D eigenvalue weighted by Crippen LogP contribution is 2.43. The Balaban J connectivity index is 3.89. The zero-order valence-corrected chi connectivity index (χ0v) is 45.7. The van der Waals surface area contributed by atoms with Gasteiger partial charge in [-0.2, -0.15) is 0 Å². The number of rotatable bonds is 50. The molecule has 0 saturated carbocycles. The average Bonchev–Trinajstić information content (AvgIpc) is 3.30. The van der Waals surface area contributed by atoms with Crippen molar-refractivity contribution >= 4 is 13.7 Å². The summed E-state index contributed by atoms with van der Waals surface area (Å²) in [7, 11) is 1.55. The van der Waals surface area contributed by atoms with Crippen LogP contribution in [0.1, 0.15) is 232 Å². The first-order chi connectivity index (χ1) is 33.0. The Morgan fingerprint density at radius 3 is 1.35 bits per heavy atom. The van der Waals surface area contributed by atoms with Gasteiger partial charge in [0, 0.05) is 6.42 Å². The van der Waals surface area contributed by atoms with E-state index in [0.29, 0.717) is 17.4 Å². The number of carbonyl (C=O) groups is 1. The maximum atomic E-state index is 12.9. The molecule has 9 heteroatoms. The fraction of sp³-hybridized carbons (Fsp3) is 0.746. The van der Waals surface area contributed by atoms with Gasteiger partial charge in [-0.3, -0.25) is 13.8 Å². The largest absolute Gasteiger partial charge is 0.472 e. The second-order valence-electron chi connectivity index (χ2n) is 19.9. The number of quaternary nitrogens is 1. The molecule has 3 unspecified atom stereocenters. The Morgan fingerprint density at radius 2 is 0.897 bits per heavy atom. The molecule has 0 aliphatic heterocycles. The third-order valence-corrected chi connectivity index (χ3v) is 13.1. The minimum absolute atomic E-state index is 0.0545. The Hall–Kier alpha value is -2.32. The predicted molar refractivity (Wildman–Crippen MR) is 295 cm³/mol. The smallest absolute Gasteiger partial charge is 0.387 e. The number of aliphatic hydroxyl groups is 1. The van der Waals surface area contributed by atoms with E-state index in [1.807, 2.05) is 27.2 Å². The molecule has 0 aromatic carbocycles. The minimum Gasteiger partial charge on any atom is -0.387 e. The monoisotopic (exact) mass is 972 g/mol. The van der Waals surface area contributed by atoms with Crippen LogP contribution >= 0.6 is 7.82 Å². The number of hydrogen-bond acceptors (Lipinski definition) is 5. The zero-order valence-electron chi connectivity index (χ0n) is 44.8. The van der Waals surface area contributed by atoms with Gasteiger partial charge >= 0.3 is 7.82 Å². The van der Waals surface area contributed by atoms with Crippen molar-refractivity contribution in [3.8, 4) is 0 Å². The van der Waals surface area contributed by atoms with Gasteiger partial charge in [0.1, 0.15) is 13.2 Å². The van der Waals surface area contributed by atoms with Crippen LogP contribution < -0.4 is 5.32 Å². The summed E-state index contributed by atoms with van der Waals surface area (Å²) in [5.41, 5.74) is 0. The summed E-state index contributed by atoms with van der Waals surface area (Å²) in [6, 6.07) is -0.862. The molecule has 0 bridgehead atoms. The summed E-state index contributed by atoms with van der Waals surface area (Å²) >= 11 is 0. The summed E-state index contributed by atoms with van der Waals surface area (Å²) in [4.78, 5) is 23.1. The molecular formula is C59H108N2O6P+. The summed E-state index contributed by atoms with van der Waals surface area (Å²) < 4.78 is 23.5. The molecule has 0 aromatic rings. The molecule has 1 amide bonds.